The Morgan fingerprint density at radius 3 is 2.35 bits per heavy atom. The summed E-state index contributed by atoms with van der Waals surface area (Å²) in [7, 11) is 0. The monoisotopic (exact) mass is 333 g/mol. The largest absolute Gasteiger partial charge is 0.389 e. The average molecular weight is 334 g/mol. The van der Waals surface area contributed by atoms with Crippen LogP contribution in [-0.4, -0.2) is 5.11 Å². The summed E-state index contributed by atoms with van der Waals surface area (Å²) in [6.45, 7) is 3.95. The smallest absolute Gasteiger partial charge is 0.0781 e. The Bertz CT molecular complexity index is 551. The van der Waals surface area contributed by atoms with Crippen molar-refractivity contribution in [2.24, 2.45) is 0 Å². The highest BCUT2D eigenvalue weighted by molar-refractivity contribution is 9.10. The van der Waals surface area contributed by atoms with Gasteiger partial charge in [0.2, 0.25) is 0 Å². The second-order valence-electron chi connectivity index (χ2n) is 4.92. The fraction of sp³-hybridized carbons (Fsp3) is 0.294. The summed E-state index contributed by atoms with van der Waals surface area (Å²) in [6, 6.07) is 16.5. The summed E-state index contributed by atoms with van der Waals surface area (Å²) in [6.07, 6.45) is 0.511. The minimum Gasteiger partial charge on any atom is -0.389 e. The SMILES string of the molecule is CCC(Nc1ccccc1C(C)O)c1ccc(Br)cc1. The maximum absolute atomic E-state index is 9.85. The predicted molar refractivity (Wildman–Crippen MR) is 87.9 cm³/mol. The molecule has 0 heterocycles. The zero-order valence-electron chi connectivity index (χ0n) is 11.8. The molecular weight excluding hydrogens is 314 g/mol. The van der Waals surface area contributed by atoms with Gasteiger partial charge in [-0.15, -0.1) is 0 Å². The number of para-hydroxylation sites is 1. The molecular formula is C17H20BrNO. The minimum absolute atomic E-state index is 0.239. The highest BCUT2D eigenvalue weighted by Crippen LogP contribution is 2.28. The Kier molecular flexibility index (Phi) is 5.21. The molecule has 0 saturated carbocycles. The molecule has 2 N–H and O–H groups in total. The van der Waals surface area contributed by atoms with E-state index in [0.717, 1.165) is 22.1 Å². The van der Waals surface area contributed by atoms with Gasteiger partial charge in [-0.05, 0) is 37.1 Å². The quantitative estimate of drug-likeness (QED) is 0.800. The van der Waals surface area contributed by atoms with Crippen LogP contribution in [0.3, 0.4) is 0 Å². The van der Waals surface area contributed by atoms with Crippen LogP contribution in [0.4, 0.5) is 5.69 Å². The van der Waals surface area contributed by atoms with Crippen molar-refractivity contribution < 1.29 is 5.11 Å². The molecule has 0 aliphatic carbocycles. The van der Waals surface area contributed by atoms with Gasteiger partial charge in [0.05, 0.1) is 12.1 Å². The van der Waals surface area contributed by atoms with Crippen molar-refractivity contribution in [1.29, 1.82) is 0 Å². The van der Waals surface area contributed by atoms with E-state index in [1.54, 1.807) is 6.92 Å². The van der Waals surface area contributed by atoms with Gasteiger partial charge in [0.1, 0.15) is 0 Å². The summed E-state index contributed by atoms with van der Waals surface area (Å²) < 4.78 is 1.08. The standard InChI is InChI=1S/C17H20BrNO/c1-3-16(13-8-10-14(18)11-9-13)19-17-7-5-4-6-15(17)12(2)20/h4-12,16,19-20H,3H2,1-2H3. The van der Waals surface area contributed by atoms with Crippen LogP contribution in [0.25, 0.3) is 0 Å². The van der Waals surface area contributed by atoms with Crippen molar-refractivity contribution in [3.8, 4) is 0 Å². The van der Waals surface area contributed by atoms with Gasteiger partial charge in [-0.25, -0.2) is 0 Å². The lowest BCUT2D eigenvalue weighted by Gasteiger charge is -2.22. The maximum Gasteiger partial charge on any atom is 0.0781 e. The summed E-state index contributed by atoms with van der Waals surface area (Å²) in [4.78, 5) is 0. The summed E-state index contributed by atoms with van der Waals surface area (Å²) in [5.41, 5.74) is 3.18. The van der Waals surface area contributed by atoms with Gasteiger partial charge in [-0.3, -0.25) is 0 Å². The van der Waals surface area contributed by atoms with E-state index >= 15 is 0 Å². The van der Waals surface area contributed by atoms with E-state index in [-0.39, 0.29) is 6.04 Å². The fourth-order valence-corrected chi connectivity index (χ4v) is 2.56. The van der Waals surface area contributed by atoms with Crippen molar-refractivity contribution in [3.05, 3.63) is 64.1 Å². The predicted octanol–water partition coefficient (Wildman–Crippen LogP) is 5.07. The maximum atomic E-state index is 9.85. The molecule has 0 aliphatic rings. The summed E-state index contributed by atoms with van der Waals surface area (Å²) >= 11 is 3.46. The first-order chi connectivity index (χ1) is 9.61. The van der Waals surface area contributed by atoms with Crippen molar-refractivity contribution in [1.82, 2.24) is 0 Å². The van der Waals surface area contributed by atoms with Gasteiger partial charge in [0.15, 0.2) is 0 Å². The van der Waals surface area contributed by atoms with Gasteiger partial charge in [-0.2, -0.15) is 0 Å². The summed E-state index contributed by atoms with van der Waals surface area (Å²) in [5, 5.41) is 13.4. The molecule has 3 heteroatoms. The van der Waals surface area contributed by atoms with Gasteiger partial charge in [-0.1, -0.05) is 53.2 Å². The fourth-order valence-electron chi connectivity index (χ4n) is 2.30. The summed E-state index contributed by atoms with van der Waals surface area (Å²) in [5.74, 6) is 0. The first-order valence-corrected chi connectivity index (χ1v) is 7.70. The van der Waals surface area contributed by atoms with Crippen molar-refractivity contribution in [3.63, 3.8) is 0 Å². The van der Waals surface area contributed by atoms with Gasteiger partial charge >= 0.3 is 0 Å². The van der Waals surface area contributed by atoms with E-state index in [2.05, 4.69) is 52.4 Å². The highest BCUT2D eigenvalue weighted by Gasteiger charge is 2.13. The number of hydrogen-bond acceptors (Lipinski definition) is 2. The molecule has 0 spiro atoms. The molecule has 2 aromatic rings. The van der Waals surface area contributed by atoms with Crippen LogP contribution in [0, 0.1) is 0 Å². The van der Waals surface area contributed by atoms with Crippen LogP contribution in [0.5, 0.6) is 0 Å². The zero-order chi connectivity index (χ0) is 14.5. The lowest BCUT2D eigenvalue weighted by atomic mass is 10.0. The second-order valence-corrected chi connectivity index (χ2v) is 5.84. The number of anilines is 1. The van der Waals surface area contributed by atoms with Gasteiger partial charge in [0, 0.05) is 15.7 Å². The Labute approximate surface area is 129 Å². The molecule has 0 aliphatic heterocycles. The van der Waals surface area contributed by atoms with Crippen LogP contribution in [0.1, 0.15) is 43.5 Å². The molecule has 0 radical (unpaired) electrons. The molecule has 0 bridgehead atoms. The van der Waals surface area contributed by atoms with Crippen molar-refractivity contribution in [2.45, 2.75) is 32.4 Å². The first kappa shape index (κ1) is 15.1. The number of halogens is 1. The van der Waals surface area contributed by atoms with Crippen molar-refractivity contribution >= 4 is 21.6 Å². The number of aliphatic hydroxyl groups is 1. The molecule has 0 aromatic heterocycles. The Morgan fingerprint density at radius 1 is 1.10 bits per heavy atom. The lowest BCUT2D eigenvalue weighted by Crippen LogP contribution is -2.11. The van der Waals surface area contributed by atoms with Crippen LogP contribution < -0.4 is 5.32 Å². The Balaban J connectivity index is 2.24. The van der Waals surface area contributed by atoms with Gasteiger partial charge < -0.3 is 10.4 Å². The van der Waals surface area contributed by atoms with E-state index in [9.17, 15) is 5.11 Å². The van der Waals surface area contributed by atoms with Crippen LogP contribution in [-0.2, 0) is 0 Å². The van der Waals surface area contributed by atoms with Crippen LogP contribution >= 0.6 is 15.9 Å². The third-order valence-electron chi connectivity index (χ3n) is 3.42. The van der Waals surface area contributed by atoms with Crippen molar-refractivity contribution in [2.75, 3.05) is 5.32 Å². The molecule has 2 atom stereocenters. The molecule has 20 heavy (non-hydrogen) atoms. The highest BCUT2D eigenvalue weighted by atomic mass is 79.9. The first-order valence-electron chi connectivity index (χ1n) is 6.90. The number of benzene rings is 2. The van der Waals surface area contributed by atoms with Gasteiger partial charge in [0.25, 0.3) is 0 Å². The third-order valence-corrected chi connectivity index (χ3v) is 3.95. The third kappa shape index (κ3) is 3.62. The molecule has 0 saturated heterocycles. The Hall–Kier alpha value is -1.32. The van der Waals surface area contributed by atoms with E-state index in [1.165, 1.54) is 5.56 Å². The molecule has 0 amide bonds. The topological polar surface area (TPSA) is 32.3 Å². The molecule has 2 rings (SSSR count). The molecule has 2 aromatic carbocycles. The van der Waals surface area contributed by atoms with Crippen LogP contribution in [0.15, 0.2) is 53.0 Å². The number of aliphatic hydroxyl groups excluding tert-OH is 1. The number of hydrogen-bond donors (Lipinski definition) is 2. The normalized spacial score (nSPS) is 13.8. The molecule has 2 unspecified atom stereocenters. The Morgan fingerprint density at radius 2 is 1.75 bits per heavy atom. The second kappa shape index (κ2) is 6.91. The lowest BCUT2D eigenvalue weighted by molar-refractivity contribution is 0.200. The molecule has 0 fully saturated rings. The minimum atomic E-state index is -0.471. The number of rotatable bonds is 5. The molecule has 2 nitrogen and oxygen atoms in total. The van der Waals surface area contributed by atoms with Crippen LogP contribution in [0.2, 0.25) is 0 Å². The van der Waals surface area contributed by atoms with E-state index in [4.69, 9.17) is 0 Å². The van der Waals surface area contributed by atoms with E-state index in [1.807, 2.05) is 24.3 Å². The zero-order valence-corrected chi connectivity index (χ0v) is 13.4. The van der Waals surface area contributed by atoms with E-state index < -0.39 is 6.10 Å². The van der Waals surface area contributed by atoms with E-state index in [0.29, 0.717) is 0 Å². The average Bonchev–Trinajstić information content (AvgIpc) is 2.46. The molecule has 106 valence electrons. The number of nitrogens with one attached hydrogen (secondary N) is 1.